The third kappa shape index (κ3) is 6.27. The SMILES string of the molecule is CCOC(=O)c1cccc(-n2c(C)cc(/C=C3\SC(=O)N(CC(=O)Nc4ccc(N5CCOCC5)cc4)C3=O)c2C)c1. The summed E-state index contributed by atoms with van der Waals surface area (Å²) in [5, 5.41) is 2.27. The predicted molar refractivity (Wildman–Crippen MR) is 162 cm³/mol. The van der Waals surface area contributed by atoms with Gasteiger partial charge in [0.25, 0.3) is 11.1 Å². The molecule has 0 radical (unpaired) electrons. The van der Waals surface area contributed by atoms with Gasteiger partial charge in [-0.15, -0.1) is 0 Å². The summed E-state index contributed by atoms with van der Waals surface area (Å²) in [5.74, 6) is -1.38. The van der Waals surface area contributed by atoms with Gasteiger partial charge < -0.3 is 24.3 Å². The van der Waals surface area contributed by atoms with Crippen molar-refractivity contribution >= 4 is 52.2 Å². The average molecular weight is 589 g/mol. The second-order valence-electron chi connectivity index (χ2n) is 9.90. The summed E-state index contributed by atoms with van der Waals surface area (Å²) < 4.78 is 12.5. The third-order valence-corrected chi connectivity index (χ3v) is 7.98. The Bertz CT molecular complexity index is 1560. The normalized spacial score (nSPS) is 16.3. The molecule has 1 N–H and O–H groups in total. The predicted octanol–water partition coefficient (Wildman–Crippen LogP) is 4.78. The number of aromatic nitrogens is 1. The first-order chi connectivity index (χ1) is 20.2. The number of nitrogens with zero attached hydrogens (tertiary/aromatic N) is 3. The molecule has 10 nitrogen and oxygen atoms in total. The van der Waals surface area contributed by atoms with Gasteiger partial charge in [-0.1, -0.05) is 6.07 Å². The molecule has 2 fully saturated rings. The summed E-state index contributed by atoms with van der Waals surface area (Å²) in [6.07, 6.45) is 1.67. The lowest BCUT2D eigenvalue weighted by atomic mass is 10.2. The minimum Gasteiger partial charge on any atom is -0.462 e. The van der Waals surface area contributed by atoms with Crippen molar-refractivity contribution in [1.82, 2.24) is 9.47 Å². The van der Waals surface area contributed by atoms with Crippen LogP contribution in [0.1, 0.15) is 34.2 Å². The third-order valence-electron chi connectivity index (χ3n) is 7.07. The number of morpholine rings is 1. The number of esters is 1. The first-order valence-electron chi connectivity index (χ1n) is 13.7. The highest BCUT2D eigenvalue weighted by Gasteiger charge is 2.36. The van der Waals surface area contributed by atoms with Crippen molar-refractivity contribution in [3.8, 4) is 5.69 Å². The van der Waals surface area contributed by atoms with Crippen LogP contribution in [0.15, 0.2) is 59.5 Å². The second-order valence-corrected chi connectivity index (χ2v) is 10.9. The van der Waals surface area contributed by atoms with Crippen molar-refractivity contribution in [3.05, 3.63) is 82.0 Å². The molecule has 218 valence electrons. The summed E-state index contributed by atoms with van der Waals surface area (Å²) >= 11 is 0.806. The highest BCUT2D eigenvalue weighted by atomic mass is 32.2. The average Bonchev–Trinajstić information content (AvgIpc) is 3.42. The number of rotatable bonds is 8. The Labute approximate surface area is 248 Å². The quantitative estimate of drug-likeness (QED) is 0.296. The number of hydrogen-bond donors (Lipinski definition) is 1. The van der Waals surface area contributed by atoms with Crippen LogP contribution in [0.25, 0.3) is 11.8 Å². The molecule has 0 atom stereocenters. The van der Waals surface area contributed by atoms with Gasteiger partial charge in [0, 0.05) is 41.5 Å². The molecule has 2 aromatic carbocycles. The number of nitrogens with one attached hydrogen (secondary N) is 1. The van der Waals surface area contributed by atoms with Crippen molar-refractivity contribution in [2.45, 2.75) is 20.8 Å². The number of ether oxygens (including phenoxy) is 2. The summed E-state index contributed by atoms with van der Waals surface area (Å²) in [5.41, 5.74) is 5.31. The minimum atomic E-state index is -0.517. The standard InChI is InChI=1S/C31H32N4O6S/c1-4-41-30(38)22-6-5-7-26(17-22)35-20(2)16-23(21(35)3)18-27-29(37)34(31(39)42-27)19-28(36)32-24-8-10-25(11-9-24)33-12-14-40-15-13-33/h5-11,16-18H,4,12-15,19H2,1-3H3,(H,32,36)/b27-18-. The summed E-state index contributed by atoms with van der Waals surface area (Å²) in [6, 6.07) is 16.5. The van der Waals surface area contributed by atoms with E-state index in [0.29, 0.717) is 24.5 Å². The summed E-state index contributed by atoms with van der Waals surface area (Å²) in [6.45, 7) is 8.47. The van der Waals surface area contributed by atoms with Gasteiger partial charge in [-0.25, -0.2) is 4.79 Å². The van der Waals surface area contributed by atoms with Crippen molar-refractivity contribution < 1.29 is 28.7 Å². The molecule has 3 heterocycles. The molecule has 42 heavy (non-hydrogen) atoms. The number of anilines is 2. The van der Waals surface area contributed by atoms with Crippen molar-refractivity contribution in [2.75, 3.05) is 49.7 Å². The molecule has 0 bridgehead atoms. The molecular formula is C31H32N4O6S. The summed E-state index contributed by atoms with van der Waals surface area (Å²) in [4.78, 5) is 54.2. The van der Waals surface area contributed by atoms with E-state index >= 15 is 0 Å². The maximum atomic E-state index is 13.1. The van der Waals surface area contributed by atoms with E-state index in [9.17, 15) is 19.2 Å². The number of carbonyl (C=O) groups is 4. The van der Waals surface area contributed by atoms with Crippen LogP contribution >= 0.6 is 11.8 Å². The molecule has 3 aromatic rings. The lowest BCUT2D eigenvalue weighted by molar-refractivity contribution is -0.127. The van der Waals surface area contributed by atoms with E-state index in [1.165, 1.54) is 0 Å². The number of carbonyl (C=O) groups excluding carboxylic acids is 4. The number of benzene rings is 2. The van der Waals surface area contributed by atoms with Gasteiger partial charge >= 0.3 is 5.97 Å². The van der Waals surface area contributed by atoms with Crippen LogP contribution in [0, 0.1) is 13.8 Å². The molecule has 2 aliphatic rings. The zero-order valence-corrected chi connectivity index (χ0v) is 24.5. The number of hydrogen-bond acceptors (Lipinski definition) is 8. The van der Waals surface area contributed by atoms with E-state index in [-0.39, 0.29) is 18.1 Å². The molecule has 3 amide bonds. The van der Waals surface area contributed by atoms with E-state index in [1.807, 2.05) is 42.7 Å². The smallest absolute Gasteiger partial charge is 0.338 e. The molecular weight excluding hydrogens is 556 g/mol. The Balaban J connectivity index is 1.26. The van der Waals surface area contributed by atoms with Crippen LogP contribution in [-0.2, 0) is 19.1 Å². The zero-order chi connectivity index (χ0) is 29.8. The van der Waals surface area contributed by atoms with E-state index < -0.39 is 23.0 Å². The van der Waals surface area contributed by atoms with Crippen LogP contribution in [0.3, 0.4) is 0 Å². The molecule has 1 aromatic heterocycles. The lowest BCUT2D eigenvalue weighted by Gasteiger charge is -2.28. The molecule has 2 aliphatic heterocycles. The number of amides is 3. The van der Waals surface area contributed by atoms with Gasteiger partial charge in [0.2, 0.25) is 5.91 Å². The van der Waals surface area contributed by atoms with Crippen molar-refractivity contribution in [3.63, 3.8) is 0 Å². The molecule has 0 spiro atoms. The lowest BCUT2D eigenvalue weighted by Crippen LogP contribution is -2.36. The number of aryl methyl sites for hydroxylation is 1. The summed E-state index contributed by atoms with van der Waals surface area (Å²) in [7, 11) is 0. The zero-order valence-electron chi connectivity index (χ0n) is 23.7. The number of imide groups is 1. The van der Waals surface area contributed by atoms with E-state index in [0.717, 1.165) is 58.1 Å². The Kier molecular flexibility index (Phi) is 8.79. The van der Waals surface area contributed by atoms with Gasteiger partial charge in [0.05, 0.1) is 30.3 Å². The Morgan fingerprint density at radius 2 is 1.76 bits per heavy atom. The Morgan fingerprint density at radius 3 is 2.48 bits per heavy atom. The van der Waals surface area contributed by atoms with Crippen LogP contribution in [0.4, 0.5) is 16.2 Å². The van der Waals surface area contributed by atoms with Gasteiger partial charge in [-0.3, -0.25) is 19.3 Å². The van der Waals surface area contributed by atoms with E-state index in [1.54, 1.807) is 43.3 Å². The topological polar surface area (TPSA) is 110 Å². The Hall–Kier alpha value is -4.35. The highest BCUT2D eigenvalue weighted by Crippen LogP contribution is 2.34. The van der Waals surface area contributed by atoms with Gasteiger partial charge in [-0.2, -0.15) is 0 Å². The van der Waals surface area contributed by atoms with Gasteiger partial charge in [-0.05, 0) is 92.7 Å². The molecule has 11 heteroatoms. The maximum Gasteiger partial charge on any atom is 0.338 e. The largest absolute Gasteiger partial charge is 0.462 e. The van der Waals surface area contributed by atoms with E-state index in [4.69, 9.17) is 9.47 Å². The fourth-order valence-electron chi connectivity index (χ4n) is 5.02. The monoisotopic (exact) mass is 588 g/mol. The first-order valence-corrected chi connectivity index (χ1v) is 14.5. The van der Waals surface area contributed by atoms with Crippen LogP contribution in [0.2, 0.25) is 0 Å². The Morgan fingerprint density at radius 1 is 1.02 bits per heavy atom. The molecule has 0 unspecified atom stereocenters. The second kappa shape index (κ2) is 12.7. The molecule has 0 saturated carbocycles. The first kappa shape index (κ1) is 29.2. The van der Waals surface area contributed by atoms with Crippen LogP contribution < -0.4 is 10.2 Å². The fraction of sp³-hybridized carbons (Fsp3) is 0.290. The number of thioether (sulfide) groups is 1. The van der Waals surface area contributed by atoms with Crippen molar-refractivity contribution in [2.24, 2.45) is 0 Å². The molecule has 0 aliphatic carbocycles. The molecule has 5 rings (SSSR count). The fourth-order valence-corrected chi connectivity index (χ4v) is 5.85. The van der Waals surface area contributed by atoms with Crippen molar-refractivity contribution in [1.29, 1.82) is 0 Å². The van der Waals surface area contributed by atoms with Crippen LogP contribution in [0.5, 0.6) is 0 Å². The van der Waals surface area contributed by atoms with Gasteiger partial charge in [0.15, 0.2) is 0 Å². The van der Waals surface area contributed by atoms with Crippen LogP contribution in [-0.4, -0.2) is 71.9 Å². The van der Waals surface area contributed by atoms with E-state index in [2.05, 4.69) is 10.2 Å². The minimum absolute atomic E-state index is 0.239. The maximum absolute atomic E-state index is 13.1. The highest BCUT2D eigenvalue weighted by molar-refractivity contribution is 8.18. The van der Waals surface area contributed by atoms with Gasteiger partial charge in [0.1, 0.15) is 6.54 Å². The molecule has 2 saturated heterocycles.